The molecule has 0 aliphatic heterocycles. The van der Waals surface area contributed by atoms with E-state index in [0.29, 0.717) is 4.90 Å². The Labute approximate surface area is 110 Å². The minimum Gasteiger partial charge on any atom is -0.507 e. The maximum Gasteiger partial charge on any atom is 1.00 e. The predicted octanol–water partition coefficient (Wildman–Crippen LogP) is -1.98. The van der Waals surface area contributed by atoms with Crippen LogP contribution in [0.25, 0.3) is 0 Å². The van der Waals surface area contributed by atoms with Gasteiger partial charge in [-0.25, -0.2) is 0 Å². The summed E-state index contributed by atoms with van der Waals surface area (Å²) >= 11 is 3.88. The summed E-state index contributed by atoms with van der Waals surface area (Å²) in [6.07, 6.45) is 0. The van der Waals surface area contributed by atoms with Crippen molar-refractivity contribution in [1.29, 1.82) is 0 Å². The normalized spacial score (nSPS) is 10.7. The average Bonchev–Trinajstić information content (AvgIpc) is 2.09. The zero-order chi connectivity index (χ0) is 10.1. The zero-order valence-corrected chi connectivity index (χ0v) is 11.5. The molecule has 0 aliphatic rings. The fourth-order valence-electron chi connectivity index (χ4n) is 0.755. The molecule has 0 bridgehead atoms. The number of benzene rings is 1. The number of phenols is 1. The van der Waals surface area contributed by atoms with Gasteiger partial charge in [0.25, 0.3) is 10.1 Å². The van der Waals surface area contributed by atoms with Crippen LogP contribution < -0.4 is 29.6 Å². The van der Waals surface area contributed by atoms with Gasteiger partial charge in [-0.1, -0.05) is 0 Å². The summed E-state index contributed by atoms with van der Waals surface area (Å²) in [5.74, 6) is -0.193. The average molecular weight is 243 g/mol. The molecule has 7 heteroatoms. The summed E-state index contributed by atoms with van der Waals surface area (Å²) < 4.78 is 26.5. The Morgan fingerprint density at radius 2 is 2.00 bits per heavy atom. The molecule has 0 atom stereocenters. The molecule has 0 amide bonds. The number of thiol groups is 1. The van der Waals surface area contributed by atoms with Crippen molar-refractivity contribution in [3.63, 3.8) is 0 Å². The summed E-state index contributed by atoms with van der Waals surface area (Å²) in [7, 11) is -2.67. The SMILES string of the molecule is COS(=O)(=O)c1ccc(S)c(O)c1.[Na+]. The Morgan fingerprint density at radius 1 is 1.43 bits per heavy atom. The molecule has 0 radical (unpaired) electrons. The maximum atomic E-state index is 11.1. The fourth-order valence-corrected chi connectivity index (χ4v) is 1.58. The molecule has 0 spiro atoms. The second-order valence-electron chi connectivity index (χ2n) is 2.27. The van der Waals surface area contributed by atoms with Gasteiger partial charge < -0.3 is 5.11 Å². The number of aromatic hydroxyl groups is 1. The van der Waals surface area contributed by atoms with E-state index in [0.717, 1.165) is 13.2 Å². The van der Waals surface area contributed by atoms with E-state index in [2.05, 4.69) is 16.8 Å². The molecule has 0 fully saturated rings. The first-order valence-electron chi connectivity index (χ1n) is 3.30. The van der Waals surface area contributed by atoms with Crippen LogP contribution in [0.4, 0.5) is 0 Å². The van der Waals surface area contributed by atoms with E-state index in [1.54, 1.807) is 0 Å². The van der Waals surface area contributed by atoms with Crippen LogP contribution in [-0.2, 0) is 14.3 Å². The van der Waals surface area contributed by atoms with E-state index < -0.39 is 10.1 Å². The Bertz CT molecular complexity index is 416. The largest absolute Gasteiger partial charge is 1.00 e. The molecule has 0 aromatic heterocycles. The van der Waals surface area contributed by atoms with E-state index >= 15 is 0 Å². The first kappa shape index (κ1) is 14.3. The summed E-state index contributed by atoms with van der Waals surface area (Å²) in [6.45, 7) is 0. The minimum absolute atomic E-state index is 0. The number of hydrogen-bond donors (Lipinski definition) is 2. The van der Waals surface area contributed by atoms with Crippen molar-refractivity contribution in [2.75, 3.05) is 7.11 Å². The van der Waals surface area contributed by atoms with Gasteiger partial charge in [0.15, 0.2) is 0 Å². The van der Waals surface area contributed by atoms with Crippen molar-refractivity contribution in [2.24, 2.45) is 0 Å². The molecule has 4 nitrogen and oxygen atoms in total. The van der Waals surface area contributed by atoms with Gasteiger partial charge in [0.2, 0.25) is 0 Å². The number of hydrogen-bond acceptors (Lipinski definition) is 5. The molecule has 0 heterocycles. The topological polar surface area (TPSA) is 63.6 Å². The van der Waals surface area contributed by atoms with Crippen molar-refractivity contribution in [3.8, 4) is 5.75 Å². The number of phenolic OH excluding ortho intramolecular Hbond substituents is 1. The van der Waals surface area contributed by atoms with Gasteiger partial charge >= 0.3 is 29.6 Å². The minimum atomic E-state index is -3.73. The first-order valence-corrected chi connectivity index (χ1v) is 5.15. The van der Waals surface area contributed by atoms with Gasteiger partial charge in [-0.15, -0.1) is 12.6 Å². The standard InChI is InChI=1S/C7H8O4S2.Na/c1-11-13(9,10)5-2-3-7(12)6(8)4-5;/h2-4,8,12H,1H3;/q;+1. The van der Waals surface area contributed by atoms with Crippen LogP contribution in [0.15, 0.2) is 28.0 Å². The number of rotatable bonds is 2. The van der Waals surface area contributed by atoms with E-state index in [1.807, 2.05) is 0 Å². The third kappa shape index (κ3) is 3.15. The summed E-state index contributed by atoms with van der Waals surface area (Å²) in [6, 6.07) is 3.77. The molecule has 14 heavy (non-hydrogen) atoms. The third-order valence-corrected chi connectivity index (χ3v) is 3.10. The Morgan fingerprint density at radius 3 is 2.43 bits per heavy atom. The monoisotopic (exact) mass is 243 g/mol. The summed E-state index contributed by atoms with van der Waals surface area (Å²) in [5.41, 5.74) is 0. The van der Waals surface area contributed by atoms with Crippen LogP contribution in [0.3, 0.4) is 0 Å². The second-order valence-corrected chi connectivity index (χ2v) is 4.47. The molecule has 0 aliphatic carbocycles. The molecule has 1 N–H and O–H groups in total. The van der Waals surface area contributed by atoms with Crippen molar-refractivity contribution < 1.29 is 47.3 Å². The van der Waals surface area contributed by atoms with Crippen molar-refractivity contribution in [3.05, 3.63) is 18.2 Å². The van der Waals surface area contributed by atoms with Gasteiger partial charge in [0.1, 0.15) is 5.75 Å². The van der Waals surface area contributed by atoms with E-state index in [9.17, 15) is 8.42 Å². The molecule has 1 aromatic rings. The van der Waals surface area contributed by atoms with Crippen LogP contribution in [0.1, 0.15) is 0 Å². The molecule has 72 valence electrons. The first-order chi connectivity index (χ1) is 5.97. The van der Waals surface area contributed by atoms with Crippen molar-refractivity contribution in [2.45, 2.75) is 9.79 Å². The molecule has 1 aromatic carbocycles. The van der Waals surface area contributed by atoms with Gasteiger partial charge in [-0.3, -0.25) is 4.18 Å². The second kappa shape index (κ2) is 5.39. The van der Waals surface area contributed by atoms with Gasteiger partial charge in [0.05, 0.1) is 12.0 Å². The fraction of sp³-hybridized carbons (Fsp3) is 0.143. The smallest absolute Gasteiger partial charge is 0.507 e. The maximum absolute atomic E-state index is 11.1. The summed E-state index contributed by atoms with van der Waals surface area (Å²) in [4.78, 5) is 0.223. The van der Waals surface area contributed by atoms with E-state index in [1.165, 1.54) is 12.1 Å². The molecular weight excluding hydrogens is 235 g/mol. The molecule has 0 unspecified atom stereocenters. The van der Waals surface area contributed by atoms with E-state index in [4.69, 9.17) is 5.11 Å². The van der Waals surface area contributed by atoms with Crippen LogP contribution in [0.2, 0.25) is 0 Å². The van der Waals surface area contributed by atoms with Crippen LogP contribution in [-0.4, -0.2) is 20.6 Å². The van der Waals surface area contributed by atoms with Gasteiger partial charge in [0, 0.05) is 11.0 Å². The molecule has 0 saturated carbocycles. The van der Waals surface area contributed by atoms with Crippen molar-refractivity contribution >= 4 is 22.7 Å². The van der Waals surface area contributed by atoms with Crippen LogP contribution >= 0.6 is 12.6 Å². The Kier molecular flexibility index (Phi) is 5.50. The quantitative estimate of drug-likeness (QED) is 0.359. The summed E-state index contributed by atoms with van der Waals surface area (Å²) in [5, 5.41) is 9.16. The molecular formula is C7H8NaO4S2+. The Hall–Kier alpha value is 0.280. The molecule has 0 saturated heterocycles. The predicted molar refractivity (Wildman–Crippen MR) is 49.6 cm³/mol. The van der Waals surface area contributed by atoms with Crippen molar-refractivity contribution in [1.82, 2.24) is 0 Å². The third-order valence-electron chi connectivity index (χ3n) is 1.45. The van der Waals surface area contributed by atoms with Crippen LogP contribution in [0, 0.1) is 0 Å². The molecule has 1 rings (SSSR count). The zero-order valence-electron chi connectivity index (χ0n) is 7.76. The van der Waals surface area contributed by atoms with Crippen LogP contribution in [0.5, 0.6) is 5.75 Å². The van der Waals surface area contributed by atoms with Gasteiger partial charge in [-0.2, -0.15) is 8.42 Å². The van der Waals surface area contributed by atoms with Gasteiger partial charge in [-0.05, 0) is 12.1 Å². The Balaban J connectivity index is 0.00000169. The van der Waals surface area contributed by atoms with E-state index in [-0.39, 0.29) is 40.2 Å².